The molecule has 118 valence electrons. The summed E-state index contributed by atoms with van der Waals surface area (Å²) in [6.07, 6.45) is 0. The molecule has 0 saturated heterocycles. The zero-order valence-corrected chi connectivity index (χ0v) is 15.9. The molecular formula is C20H18Cl2Cr. The van der Waals surface area contributed by atoms with E-state index < -0.39 is 0 Å². The van der Waals surface area contributed by atoms with Gasteiger partial charge < -0.3 is 24.8 Å². The zero-order chi connectivity index (χ0) is 13.9. The molecule has 0 nitrogen and oxygen atoms in total. The van der Waals surface area contributed by atoms with Crippen molar-refractivity contribution in [1.82, 2.24) is 0 Å². The van der Waals surface area contributed by atoms with Crippen LogP contribution in [0.2, 0.25) is 0 Å². The van der Waals surface area contributed by atoms with Crippen LogP contribution in [0.25, 0.3) is 21.5 Å². The van der Waals surface area contributed by atoms with Crippen LogP contribution in [0.4, 0.5) is 0 Å². The van der Waals surface area contributed by atoms with Crippen molar-refractivity contribution >= 4 is 21.5 Å². The van der Waals surface area contributed by atoms with E-state index in [0.717, 1.165) is 0 Å². The first-order valence-electron chi connectivity index (χ1n) is 6.96. The van der Waals surface area contributed by atoms with Gasteiger partial charge in [-0.05, 0) is 0 Å². The molecule has 0 radical (unpaired) electrons. The molecule has 0 amide bonds. The number of benzene rings is 2. The summed E-state index contributed by atoms with van der Waals surface area (Å²) in [6.45, 7) is 4.25. The van der Waals surface area contributed by atoms with E-state index in [1.165, 1.54) is 32.7 Å². The summed E-state index contributed by atoms with van der Waals surface area (Å²) in [7, 11) is 0. The van der Waals surface area contributed by atoms with Crippen LogP contribution in [-0.2, 0) is 17.4 Å². The molecule has 0 aliphatic carbocycles. The van der Waals surface area contributed by atoms with Crippen molar-refractivity contribution in [2.75, 3.05) is 0 Å². The SMILES string of the molecule is Cc1cc2ccccc2[cH-]1.Cc1cc2ccccc2[cH-]1.[Cl-].[Cl-].[Cr+4]. The van der Waals surface area contributed by atoms with Gasteiger partial charge in [-0.1, -0.05) is 26.0 Å². The van der Waals surface area contributed by atoms with Crippen LogP contribution in [0.5, 0.6) is 0 Å². The number of aryl methyl sites for hydroxylation is 2. The predicted molar refractivity (Wildman–Crippen MR) is 88.6 cm³/mol. The van der Waals surface area contributed by atoms with Crippen molar-refractivity contribution in [1.29, 1.82) is 0 Å². The molecule has 0 aliphatic rings. The summed E-state index contributed by atoms with van der Waals surface area (Å²) in [5.74, 6) is 0. The molecule has 0 aromatic heterocycles. The Labute approximate surface area is 161 Å². The second-order valence-electron chi connectivity index (χ2n) is 5.32. The molecule has 0 atom stereocenters. The Hall–Kier alpha value is -1.23. The van der Waals surface area contributed by atoms with Crippen LogP contribution in [0.3, 0.4) is 0 Å². The minimum Gasteiger partial charge on any atom is -1.00 e. The van der Waals surface area contributed by atoms with Gasteiger partial charge in [-0.15, -0.1) is 81.2 Å². The number of hydrogen-bond donors (Lipinski definition) is 0. The van der Waals surface area contributed by atoms with E-state index in [4.69, 9.17) is 0 Å². The number of hydrogen-bond acceptors (Lipinski definition) is 0. The molecule has 4 aromatic rings. The third-order valence-electron chi connectivity index (χ3n) is 3.52. The van der Waals surface area contributed by atoms with Gasteiger partial charge in [-0.3, -0.25) is 0 Å². The standard InChI is InChI=1S/2C10H9.2ClH.Cr/c2*1-8-6-9-4-2-3-5-10(9)7-8;;;/h2*2-7H,1H3;2*1H;/q2*-1;;;+4/p-2. The molecular weight excluding hydrogens is 363 g/mol. The van der Waals surface area contributed by atoms with Crippen LogP contribution in [-0.4, -0.2) is 0 Å². The van der Waals surface area contributed by atoms with Gasteiger partial charge in [0.25, 0.3) is 0 Å². The minimum atomic E-state index is 0. The molecule has 0 aliphatic heterocycles. The van der Waals surface area contributed by atoms with E-state index in [0.29, 0.717) is 0 Å². The maximum absolute atomic E-state index is 2.20. The van der Waals surface area contributed by atoms with Gasteiger partial charge in [0.15, 0.2) is 0 Å². The largest absolute Gasteiger partial charge is 4.00 e. The second kappa shape index (κ2) is 9.81. The number of halogens is 2. The topological polar surface area (TPSA) is 0 Å². The van der Waals surface area contributed by atoms with Gasteiger partial charge in [0, 0.05) is 0 Å². The Bertz CT molecular complexity index is 705. The molecule has 0 saturated carbocycles. The van der Waals surface area contributed by atoms with Crippen LogP contribution in [0.1, 0.15) is 11.1 Å². The molecule has 0 unspecified atom stereocenters. The van der Waals surface area contributed by atoms with E-state index in [1.54, 1.807) is 0 Å². The Balaban J connectivity index is 0.000000372. The third-order valence-corrected chi connectivity index (χ3v) is 3.52. The maximum Gasteiger partial charge on any atom is 4.00 e. The molecule has 4 rings (SSSR count). The van der Waals surface area contributed by atoms with Crippen LogP contribution < -0.4 is 24.8 Å². The zero-order valence-electron chi connectivity index (χ0n) is 13.1. The van der Waals surface area contributed by atoms with E-state index >= 15 is 0 Å². The molecule has 3 heteroatoms. The molecule has 0 heterocycles. The maximum atomic E-state index is 2.20. The van der Waals surface area contributed by atoms with Crippen molar-refractivity contribution in [3.8, 4) is 0 Å². The number of fused-ring (bicyclic) bond motifs is 2. The van der Waals surface area contributed by atoms with E-state index in [1.807, 2.05) is 0 Å². The summed E-state index contributed by atoms with van der Waals surface area (Å²) >= 11 is 0. The molecule has 0 N–H and O–H groups in total. The van der Waals surface area contributed by atoms with E-state index in [2.05, 4.69) is 86.6 Å². The molecule has 4 aromatic carbocycles. The van der Waals surface area contributed by atoms with Crippen LogP contribution >= 0.6 is 0 Å². The van der Waals surface area contributed by atoms with Gasteiger partial charge in [0.1, 0.15) is 0 Å². The summed E-state index contributed by atoms with van der Waals surface area (Å²) in [6, 6.07) is 25.7. The second-order valence-corrected chi connectivity index (χ2v) is 5.32. The van der Waals surface area contributed by atoms with Gasteiger partial charge in [-0.25, -0.2) is 0 Å². The summed E-state index contributed by atoms with van der Waals surface area (Å²) < 4.78 is 0. The quantitative estimate of drug-likeness (QED) is 0.369. The van der Waals surface area contributed by atoms with Crippen molar-refractivity contribution in [2.24, 2.45) is 0 Å². The van der Waals surface area contributed by atoms with Gasteiger partial charge in [0.05, 0.1) is 0 Å². The van der Waals surface area contributed by atoms with E-state index in [-0.39, 0.29) is 42.2 Å². The fourth-order valence-electron chi connectivity index (χ4n) is 2.61. The van der Waals surface area contributed by atoms with Gasteiger partial charge in [-0.2, -0.15) is 12.1 Å². The van der Waals surface area contributed by atoms with E-state index in [9.17, 15) is 0 Å². The molecule has 23 heavy (non-hydrogen) atoms. The Morgan fingerprint density at radius 1 is 0.609 bits per heavy atom. The van der Waals surface area contributed by atoms with Crippen molar-refractivity contribution in [3.63, 3.8) is 0 Å². The van der Waals surface area contributed by atoms with Crippen LogP contribution in [0.15, 0.2) is 72.8 Å². The monoisotopic (exact) mass is 380 g/mol. The summed E-state index contributed by atoms with van der Waals surface area (Å²) in [5, 5.41) is 5.39. The predicted octanol–water partition coefficient (Wildman–Crippen LogP) is -0.260. The summed E-state index contributed by atoms with van der Waals surface area (Å²) in [5.41, 5.74) is 2.70. The third kappa shape index (κ3) is 5.41. The van der Waals surface area contributed by atoms with Crippen molar-refractivity contribution < 1.29 is 42.2 Å². The Morgan fingerprint density at radius 3 is 1.30 bits per heavy atom. The molecule has 0 bridgehead atoms. The minimum absolute atomic E-state index is 0. The normalized spacial score (nSPS) is 9.13. The Morgan fingerprint density at radius 2 is 0.957 bits per heavy atom. The molecule has 0 fully saturated rings. The van der Waals surface area contributed by atoms with Crippen molar-refractivity contribution in [2.45, 2.75) is 13.8 Å². The average Bonchev–Trinajstić information content (AvgIpc) is 2.99. The van der Waals surface area contributed by atoms with Crippen LogP contribution in [0, 0.1) is 13.8 Å². The summed E-state index contributed by atoms with van der Waals surface area (Å²) in [4.78, 5) is 0. The Kier molecular flexibility index (Phi) is 9.29. The smallest absolute Gasteiger partial charge is 1.00 e. The first kappa shape index (κ1) is 21.8. The average molecular weight is 381 g/mol. The number of rotatable bonds is 0. The van der Waals surface area contributed by atoms with Gasteiger partial charge in [0.2, 0.25) is 0 Å². The molecule has 0 spiro atoms. The fraction of sp³-hybridized carbons (Fsp3) is 0.100. The first-order chi connectivity index (χ1) is 9.72. The van der Waals surface area contributed by atoms with Gasteiger partial charge >= 0.3 is 17.4 Å². The first-order valence-corrected chi connectivity index (χ1v) is 6.96. The van der Waals surface area contributed by atoms with Crippen molar-refractivity contribution in [3.05, 3.63) is 83.9 Å². The fourth-order valence-corrected chi connectivity index (χ4v) is 2.61.